The summed E-state index contributed by atoms with van der Waals surface area (Å²) >= 11 is 0. The van der Waals surface area contributed by atoms with Crippen LogP contribution in [0.2, 0.25) is 0 Å². The summed E-state index contributed by atoms with van der Waals surface area (Å²) in [5, 5.41) is 11.6. The summed E-state index contributed by atoms with van der Waals surface area (Å²) in [6.07, 6.45) is 3.75. The molecule has 1 fully saturated rings. The molecule has 0 atom stereocenters. The number of benzene rings is 2. The lowest BCUT2D eigenvalue weighted by molar-refractivity contribution is 0.179. The number of amides is 2. The molecule has 0 unspecified atom stereocenters. The number of anilines is 1. The van der Waals surface area contributed by atoms with Crippen molar-refractivity contribution in [2.75, 3.05) is 18.4 Å². The monoisotopic (exact) mass is 361 g/mol. The van der Waals surface area contributed by atoms with Crippen LogP contribution in [0.15, 0.2) is 60.8 Å². The summed E-state index contributed by atoms with van der Waals surface area (Å²) in [5.74, 6) is 0. The number of aryl methyl sites for hydroxylation is 1. The zero-order valence-electron chi connectivity index (χ0n) is 15.4. The first-order chi connectivity index (χ1) is 13.2. The van der Waals surface area contributed by atoms with Gasteiger partial charge in [-0.3, -0.25) is 0 Å². The number of aromatic nitrogens is 3. The molecule has 1 N–H and O–H groups in total. The number of likely N-dealkylation sites (tertiary alicyclic amines) is 1. The van der Waals surface area contributed by atoms with Crippen LogP contribution < -0.4 is 5.32 Å². The molecule has 0 aliphatic carbocycles. The molecule has 1 aromatic heterocycles. The van der Waals surface area contributed by atoms with E-state index in [2.05, 4.69) is 15.6 Å². The van der Waals surface area contributed by atoms with Gasteiger partial charge in [0, 0.05) is 24.3 Å². The molecule has 2 aromatic carbocycles. The Morgan fingerprint density at radius 2 is 1.74 bits per heavy atom. The Morgan fingerprint density at radius 1 is 1.04 bits per heavy atom. The van der Waals surface area contributed by atoms with E-state index in [1.807, 2.05) is 77.3 Å². The quantitative estimate of drug-likeness (QED) is 0.763. The number of carbonyl (C=O) groups excluding carboxylic acids is 1. The van der Waals surface area contributed by atoms with Gasteiger partial charge in [-0.25, -0.2) is 9.48 Å². The number of nitrogens with zero attached hydrogens (tertiary/aromatic N) is 4. The predicted octanol–water partition coefficient (Wildman–Crippen LogP) is 4.12. The molecule has 4 rings (SSSR count). The van der Waals surface area contributed by atoms with Crippen LogP contribution in [0.1, 0.15) is 24.4 Å². The number of rotatable bonds is 3. The first-order valence-corrected chi connectivity index (χ1v) is 9.29. The van der Waals surface area contributed by atoms with Crippen molar-refractivity contribution in [1.82, 2.24) is 19.9 Å². The van der Waals surface area contributed by atoms with E-state index in [-0.39, 0.29) is 12.1 Å². The number of nitrogens with one attached hydrogen (secondary N) is 1. The molecule has 0 radical (unpaired) electrons. The molecule has 6 heteroatoms. The topological polar surface area (TPSA) is 63.1 Å². The standard InChI is InChI=1S/C21H23N5O/c1-16-7-9-18(10-8-16)22-21(27)25-13-11-19(12-14-25)26-15-20(23-24-26)17-5-3-2-4-6-17/h2-10,15,19H,11-14H2,1H3,(H,22,27). The molecule has 0 spiro atoms. The highest BCUT2D eigenvalue weighted by Crippen LogP contribution is 2.24. The molecule has 1 saturated heterocycles. The van der Waals surface area contributed by atoms with Crippen molar-refractivity contribution >= 4 is 11.7 Å². The Bertz CT molecular complexity index is 896. The third kappa shape index (κ3) is 4.00. The van der Waals surface area contributed by atoms with Crippen LogP contribution in [0.25, 0.3) is 11.3 Å². The second-order valence-corrected chi connectivity index (χ2v) is 6.96. The smallest absolute Gasteiger partial charge is 0.321 e. The SMILES string of the molecule is Cc1ccc(NC(=O)N2CCC(n3cc(-c4ccccc4)nn3)CC2)cc1. The minimum absolute atomic E-state index is 0.0409. The van der Waals surface area contributed by atoms with Gasteiger partial charge in [-0.05, 0) is 31.9 Å². The fraction of sp³-hybridized carbons (Fsp3) is 0.286. The Balaban J connectivity index is 1.34. The highest BCUT2D eigenvalue weighted by molar-refractivity contribution is 5.89. The van der Waals surface area contributed by atoms with Crippen LogP contribution in [0.4, 0.5) is 10.5 Å². The van der Waals surface area contributed by atoms with Crippen molar-refractivity contribution in [3.05, 3.63) is 66.4 Å². The van der Waals surface area contributed by atoms with Gasteiger partial charge in [-0.2, -0.15) is 0 Å². The molecule has 1 aliphatic heterocycles. The maximum Gasteiger partial charge on any atom is 0.321 e. The van der Waals surface area contributed by atoms with Crippen molar-refractivity contribution in [1.29, 1.82) is 0 Å². The lowest BCUT2D eigenvalue weighted by Crippen LogP contribution is -2.41. The summed E-state index contributed by atoms with van der Waals surface area (Å²) < 4.78 is 1.94. The second kappa shape index (κ2) is 7.61. The van der Waals surface area contributed by atoms with Gasteiger partial charge in [0.25, 0.3) is 0 Å². The van der Waals surface area contributed by atoms with Gasteiger partial charge in [0.15, 0.2) is 0 Å². The highest BCUT2D eigenvalue weighted by Gasteiger charge is 2.24. The number of hydrogen-bond acceptors (Lipinski definition) is 3. The first kappa shape index (κ1) is 17.3. The molecular formula is C21H23N5O. The number of carbonyl (C=O) groups is 1. The van der Waals surface area contributed by atoms with Crippen molar-refractivity contribution in [3.63, 3.8) is 0 Å². The maximum atomic E-state index is 12.5. The molecular weight excluding hydrogens is 338 g/mol. The summed E-state index contributed by atoms with van der Waals surface area (Å²) in [6, 6.07) is 18.1. The van der Waals surface area contributed by atoms with Gasteiger partial charge >= 0.3 is 6.03 Å². The highest BCUT2D eigenvalue weighted by atomic mass is 16.2. The average molecular weight is 361 g/mol. The lowest BCUT2D eigenvalue weighted by atomic mass is 10.1. The van der Waals surface area contributed by atoms with Crippen LogP contribution >= 0.6 is 0 Å². The summed E-state index contributed by atoms with van der Waals surface area (Å²) in [7, 11) is 0. The summed E-state index contributed by atoms with van der Waals surface area (Å²) in [4.78, 5) is 14.3. The molecule has 2 amide bonds. The van der Waals surface area contributed by atoms with Gasteiger partial charge in [0.2, 0.25) is 0 Å². The average Bonchev–Trinajstić information content (AvgIpc) is 3.21. The molecule has 138 valence electrons. The normalized spacial score (nSPS) is 14.9. The van der Waals surface area contributed by atoms with Crippen LogP contribution in [0.3, 0.4) is 0 Å². The third-order valence-corrected chi connectivity index (χ3v) is 5.01. The minimum Gasteiger partial charge on any atom is -0.324 e. The van der Waals surface area contributed by atoms with Crippen molar-refractivity contribution in [2.45, 2.75) is 25.8 Å². The molecule has 6 nitrogen and oxygen atoms in total. The minimum atomic E-state index is -0.0409. The third-order valence-electron chi connectivity index (χ3n) is 5.01. The van der Waals surface area contributed by atoms with Crippen molar-refractivity contribution in [3.8, 4) is 11.3 Å². The second-order valence-electron chi connectivity index (χ2n) is 6.96. The predicted molar refractivity (Wildman–Crippen MR) is 105 cm³/mol. The number of urea groups is 1. The Hall–Kier alpha value is -3.15. The van der Waals surface area contributed by atoms with E-state index in [1.165, 1.54) is 5.56 Å². The molecule has 2 heterocycles. The number of hydrogen-bond donors (Lipinski definition) is 1. The van der Waals surface area contributed by atoms with E-state index in [9.17, 15) is 4.79 Å². The molecule has 1 aliphatic rings. The van der Waals surface area contributed by atoms with Gasteiger partial charge in [-0.15, -0.1) is 5.10 Å². The molecule has 0 bridgehead atoms. The zero-order chi connectivity index (χ0) is 18.6. The first-order valence-electron chi connectivity index (χ1n) is 9.29. The van der Waals surface area contributed by atoms with Crippen LogP contribution in [-0.2, 0) is 0 Å². The number of piperidine rings is 1. The summed E-state index contributed by atoms with van der Waals surface area (Å²) in [5.41, 5.74) is 3.96. The van der Waals surface area contributed by atoms with Gasteiger partial charge in [0.1, 0.15) is 5.69 Å². The summed E-state index contributed by atoms with van der Waals surface area (Å²) in [6.45, 7) is 3.45. The molecule has 27 heavy (non-hydrogen) atoms. The zero-order valence-corrected chi connectivity index (χ0v) is 15.4. The Labute approximate surface area is 158 Å². The van der Waals surface area contributed by atoms with Crippen LogP contribution in [0, 0.1) is 6.92 Å². The van der Waals surface area contributed by atoms with Gasteiger partial charge in [-0.1, -0.05) is 53.2 Å². The van der Waals surface area contributed by atoms with E-state index in [4.69, 9.17) is 0 Å². The van der Waals surface area contributed by atoms with E-state index < -0.39 is 0 Å². The fourth-order valence-electron chi connectivity index (χ4n) is 3.37. The van der Waals surface area contributed by atoms with E-state index in [0.717, 1.165) is 29.8 Å². The van der Waals surface area contributed by atoms with Crippen molar-refractivity contribution in [2.24, 2.45) is 0 Å². The van der Waals surface area contributed by atoms with E-state index >= 15 is 0 Å². The maximum absolute atomic E-state index is 12.5. The molecule has 3 aromatic rings. The van der Waals surface area contributed by atoms with Gasteiger partial charge < -0.3 is 10.2 Å². The molecule has 0 saturated carbocycles. The Morgan fingerprint density at radius 3 is 2.44 bits per heavy atom. The van der Waals surface area contributed by atoms with Gasteiger partial charge in [0.05, 0.1) is 12.2 Å². The van der Waals surface area contributed by atoms with E-state index in [0.29, 0.717) is 13.1 Å². The van der Waals surface area contributed by atoms with E-state index in [1.54, 1.807) is 0 Å². The van der Waals surface area contributed by atoms with Crippen molar-refractivity contribution < 1.29 is 4.79 Å². The Kier molecular flexibility index (Phi) is 4.87. The van der Waals surface area contributed by atoms with Crippen LogP contribution in [-0.4, -0.2) is 39.0 Å². The van der Waals surface area contributed by atoms with Crippen LogP contribution in [0.5, 0.6) is 0 Å². The largest absolute Gasteiger partial charge is 0.324 e. The lowest BCUT2D eigenvalue weighted by Gasteiger charge is -2.31. The fourth-order valence-corrected chi connectivity index (χ4v) is 3.37.